The molecule has 0 bridgehead atoms. The van der Waals surface area contributed by atoms with Gasteiger partial charge in [0.25, 0.3) is 0 Å². The number of hydrogen-bond donors (Lipinski definition) is 0. The second-order valence-corrected chi connectivity index (χ2v) is 5.32. The monoisotopic (exact) mass is 306 g/mol. The minimum absolute atomic E-state index is 0.494. The lowest BCUT2D eigenvalue weighted by Crippen LogP contribution is -2.17. The summed E-state index contributed by atoms with van der Waals surface area (Å²) in [7, 11) is 2.09. The van der Waals surface area contributed by atoms with Gasteiger partial charge < -0.3 is 4.74 Å². The van der Waals surface area contributed by atoms with Crippen LogP contribution in [0.25, 0.3) is 0 Å². The number of hydrogen-bond acceptors (Lipinski definition) is 5. The third kappa shape index (κ3) is 4.59. The van der Waals surface area contributed by atoms with E-state index in [9.17, 15) is 0 Å². The molecule has 2 heterocycles. The molecule has 5 heteroatoms. The summed E-state index contributed by atoms with van der Waals surface area (Å²) in [6.07, 6.45) is 8.51. The number of pyridine rings is 1. The lowest BCUT2D eigenvalue weighted by molar-refractivity contribution is 0.318. The SMILES string of the molecule is CN(Cc1ccc(Oc2cnccn2)cc1)Cc1cccnc1. The number of nitrogens with zero attached hydrogens (tertiary/aromatic N) is 4. The van der Waals surface area contributed by atoms with Crippen LogP contribution in [0.2, 0.25) is 0 Å². The van der Waals surface area contributed by atoms with Gasteiger partial charge >= 0.3 is 0 Å². The molecule has 3 rings (SSSR count). The third-order valence-electron chi connectivity index (χ3n) is 3.31. The van der Waals surface area contributed by atoms with Gasteiger partial charge in [-0.2, -0.15) is 0 Å². The van der Waals surface area contributed by atoms with Crippen molar-refractivity contribution in [2.75, 3.05) is 7.05 Å². The van der Waals surface area contributed by atoms with Crippen LogP contribution in [0.15, 0.2) is 67.4 Å². The largest absolute Gasteiger partial charge is 0.438 e. The van der Waals surface area contributed by atoms with Gasteiger partial charge in [-0.15, -0.1) is 0 Å². The molecule has 0 unspecified atom stereocenters. The van der Waals surface area contributed by atoms with Crippen molar-refractivity contribution in [3.05, 3.63) is 78.5 Å². The predicted octanol–water partition coefficient (Wildman–Crippen LogP) is 3.30. The number of aromatic nitrogens is 3. The van der Waals surface area contributed by atoms with E-state index in [-0.39, 0.29) is 0 Å². The molecule has 0 saturated carbocycles. The first-order valence-electron chi connectivity index (χ1n) is 7.40. The maximum absolute atomic E-state index is 5.64. The molecule has 0 aliphatic carbocycles. The number of benzene rings is 1. The molecule has 0 amide bonds. The Kier molecular flexibility index (Phi) is 4.91. The highest BCUT2D eigenvalue weighted by Crippen LogP contribution is 2.19. The Morgan fingerprint density at radius 1 is 0.870 bits per heavy atom. The molecule has 116 valence electrons. The van der Waals surface area contributed by atoms with Crippen molar-refractivity contribution in [3.63, 3.8) is 0 Å². The van der Waals surface area contributed by atoms with Crippen molar-refractivity contribution in [2.24, 2.45) is 0 Å². The minimum Gasteiger partial charge on any atom is -0.438 e. The van der Waals surface area contributed by atoms with Gasteiger partial charge in [0.05, 0.1) is 6.20 Å². The smallest absolute Gasteiger partial charge is 0.237 e. The Labute approximate surface area is 135 Å². The molecule has 0 aliphatic rings. The molecule has 0 aliphatic heterocycles. The fraction of sp³-hybridized carbons (Fsp3) is 0.167. The molecule has 3 aromatic rings. The third-order valence-corrected chi connectivity index (χ3v) is 3.31. The lowest BCUT2D eigenvalue weighted by Gasteiger charge is -2.16. The Morgan fingerprint density at radius 3 is 2.35 bits per heavy atom. The first-order valence-corrected chi connectivity index (χ1v) is 7.40. The van der Waals surface area contributed by atoms with E-state index < -0.39 is 0 Å². The number of ether oxygens (including phenoxy) is 1. The summed E-state index contributed by atoms with van der Waals surface area (Å²) in [5, 5.41) is 0. The predicted molar refractivity (Wildman–Crippen MR) is 88.0 cm³/mol. The van der Waals surface area contributed by atoms with E-state index >= 15 is 0 Å². The summed E-state index contributed by atoms with van der Waals surface area (Å²) in [6.45, 7) is 1.73. The van der Waals surface area contributed by atoms with Crippen LogP contribution in [0.4, 0.5) is 0 Å². The molecular formula is C18H18N4O. The normalized spacial score (nSPS) is 10.7. The Morgan fingerprint density at radius 2 is 1.65 bits per heavy atom. The van der Waals surface area contributed by atoms with E-state index in [0.717, 1.165) is 18.8 Å². The first-order chi connectivity index (χ1) is 11.3. The van der Waals surface area contributed by atoms with Crippen LogP contribution in [-0.4, -0.2) is 26.9 Å². The van der Waals surface area contributed by atoms with Crippen molar-refractivity contribution in [1.82, 2.24) is 19.9 Å². The zero-order valence-corrected chi connectivity index (χ0v) is 13.0. The average molecular weight is 306 g/mol. The van der Waals surface area contributed by atoms with Gasteiger partial charge in [0.2, 0.25) is 5.88 Å². The van der Waals surface area contributed by atoms with E-state index in [0.29, 0.717) is 5.88 Å². The summed E-state index contributed by atoms with van der Waals surface area (Å²) in [5.41, 5.74) is 2.43. The summed E-state index contributed by atoms with van der Waals surface area (Å²) in [5.74, 6) is 1.25. The van der Waals surface area contributed by atoms with E-state index in [1.54, 1.807) is 24.8 Å². The quantitative estimate of drug-likeness (QED) is 0.699. The Bertz CT molecular complexity index is 717. The molecule has 2 aromatic heterocycles. The molecule has 0 spiro atoms. The van der Waals surface area contributed by atoms with E-state index in [1.807, 2.05) is 24.4 Å². The van der Waals surface area contributed by atoms with Crippen molar-refractivity contribution < 1.29 is 4.74 Å². The highest BCUT2D eigenvalue weighted by molar-refractivity contribution is 5.29. The maximum Gasteiger partial charge on any atom is 0.237 e. The first kappa shape index (κ1) is 15.1. The Balaban J connectivity index is 1.57. The lowest BCUT2D eigenvalue weighted by atomic mass is 10.2. The summed E-state index contributed by atoms with van der Waals surface area (Å²) >= 11 is 0. The van der Waals surface area contributed by atoms with Gasteiger partial charge in [0.1, 0.15) is 5.75 Å². The molecule has 0 N–H and O–H groups in total. The van der Waals surface area contributed by atoms with E-state index in [4.69, 9.17) is 4.74 Å². The standard InChI is InChI=1S/C18H18N4O/c1-22(14-16-3-2-8-19-11-16)13-15-4-6-17(7-5-15)23-18-12-20-9-10-21-18/h2-12H,13-14H2,1H3. The van der Waals surface area contributed by atoms with Gasteiger partial charge in [-0.25, -0.2) is 4.98 Å². The van der Waals surface area contributed by atoms with Crippen LogP contribution in [0.5, 0.6) is 11.6 Å². The number of rotatable bonds is 6. The fourth-order valence-corrected chi connectivity index (χ4v) is 2.29. The summed E-state index contributed by atoms with van der Waals surface area (Å²) in [4.78, 5) is 14.5. The molecule has 0 fully saturated rings. The maximum atomic E-state index is 5.64. The topological polar surface area (TPSA) is 51.1 Å². The van der Waals surface area contributed by atoms with Crippen LogP contribution in [0.1, 0.15) is 11.1 Å². The second-order valence-electron chi connectivity index (χ2n) is 5.32. The van der Waals surface area contributed by atoms with Crippen LogP contribution < -0.4 is 4.74 Å². The van der Waals surface area contributed by atoms with Gasteiger partial charge in [-0.05, 0) is 36.4 Å². The fourth-order valence-electron chi connectivity index (χ4n) is 2.29. The molecule has 1 aromatic carbocycles. The zero-order valence-electron chi connectivity index (χ0n) is 13.0. The average Bonchev–Trinajstić information content (AvgIpc) is 2.58. The van der Waals surface area contributed by atoms with Crippen molar-refractivity contribution >= 4 is 0 Å². The highest BCUT2D eigenvalue weighted by atomic mass is 16.5. The minimum atomic E-state index is 0.494. The van der Waals surface area contributed by atoms with Gasteiger partial charge in [-0.1, -0.05) is 18.2 Å². The van der Waals surface area contributed by atoms with Crippen molar-refractivity contribution in [1.29, 1.82) is 0 Å². The van der Waals surface area contributed by atoms with Crippen LogP contribution >= 0.6 is 0 Å². The molecular weight excluding hydrogens is 288 g/mol. The summed E-state index contributed by atoms with van der Waals surface area (Å²) in [6, 6.07) is 12.1. The zero-order chi connectivity index (χ0) is 15.9. The molecule has 0 saturated heterocycles. The molecule has 0 radical (unpaired) electrons. The van der Waals surface area contributed by atoms with Crippen LogP contribution in [0, 0.1) is 0 Å². The van der Waals surface area contributed by atoms with Gasteiger partial charge in [0.15, 0.2) is 0 Å². The molecule has 5 nitrogen and oxygen atoms in total. The van der Waals surface area contributed by atoms with Crippen LogP contribution in [-0.2, 0) is 13.1 Å². The van der Waals surface area contributed by atoms with E-state index in [2.05, 4.69) is 45.1 Å². The Hall–Kier alpha value is -2.79. The van der Waals surface area contributed by atoms with Crippen molar-refractivity contribution in [3.8, 4) is 11.6 Å². The highest BCUT2D eigenvalue weighted by Gasteiger charge is 2.03. The van der Waals surface area contributed by atoms with Crippen LogP contribution in [0.3, 0.4) is 0 Å². The van der Waals surface area contributed by atoms with E-state index in [1.165, 1.54) is 11.1 Å². The second kappa shape index (κ2) is 7.47. The van der Waals surface area contributed by atoms with Gasteiger partial charge in [-0.3, -0.25) is 14.9 Å². The molecule has 0 atom stereocenters. The van der Waals surface area contributed by atoms with Gasteiger partial charge in [0, 0.05) is 37.9 Å². The summed E-state index contributed by atoms with van der Waals surface area (Å²) < 4.78 is 5.64. The van der Waals surface area contributed by atoms with Crippen molar-refractivity contribution in [2.45, 2.75) is 13.1 Å². The molecule has 23 heavy (non-hydrogen) atoms.